The molecule has 0 aromatic heterocycles. The number of aliphatic hydroxyl groups excluding tert-OH is 1. The van der Waals surface area contributed by atoms with E-state index in [9.17, 15) is 10.2 Å². The topological polar surface area (TPSA) is 98.7 Å². The zero-order chi connectivity index (χ0) is 14.5. The molecule has 5 nitrogen and oxygen atoms in total. The van der Waals surface area contributed by atoms with E-state index in [2.05, 4.69) is 5.32 Å². The van der Waals surface area contributed by atoms with Crippen molar-refractivity contribution in [3.63, 3.8) is 0 Å². The van der Waals surface area contributed by atoms with Crippen LogP contribution in [0, 0.1) is 0 Å². The molecule has 0 atom stereocenters. The summed E-state index contributed by atoms with van der Waals surface area (Å²) in [5, 5.41) is 31.2. The number of aliphatic hydroxyl groups is 1. The monoisotopic (exact) mass is 274 g/mol. The van der Waals surface area contributed by atoms with Gasteiger partial charge in [-0.25, -0.2) is 0 Å². The molecule has 106 valence electrons. The summed E-state index contributed by atoms with van der Waals surface area (Å²) in [5.41, 5.74) is 8.77. The number of nitrogen functional groups attached to an aromatic ring is 1. The number of nitrogens with two attached hydrogens (primary N) is 1. The molecular weight excluding hydrogens is 256 g/mol. The van der Waals surface area contributed by atoms with E-state index in [4.69, 9.17) is 10.8 Å². The Bertz CT molecular complexity index is 600. The van der Waals surface area contributed by atoms with Gasteiger partial charge in [-0.1, -0.05) is 0 Å². The van der Waals surface area contributed by atoms with E-state index in [1.807, 2.05) is 12.1 Å². The molecule has 0 saturated carbocycles. The molecule has 0 aliphatic heterocycles. The van der Waals surface area contributed by atoms with Crippen LogP contribution in [0.25, 0.3) is 0 Å². The zero-order valence-electron chi connectivity index (χ0n) is 11.0. The van der Waals surface area contributed by atoms with E-state index in [1.54, 1.807) is 6.07 Å². The molecule has 2 aromatic rings. The molecule has 20 heavy (non-hydrogen) atoms. The maximum atomic E-state index is 9.69. The van der Waals surface area contributed by atoms with Crippen LogP contribution >= 0.6 is 0 Å². The Morgan fingerprint density at radius 3 is 2.55 bits per heavy atom. The second-order valence-corrected chi connectivity index (χ2v) is 4.55. The molecule has 0 fully saturated rings. The van der Waals surface area contributed by atoms with Gasteiger partial charge in [-0.3, -0.25) is 0 Å². The van der Waals surface area contributed by atoms with Crippen molar-refractivity contribution in [2.75, 3.05) is 17.7 Å². The highest BCUT2D eigenvalue weighted by atomic mass is 16.3. The lowest BCUT2D eigenvalue weighted by Crippen LogP contribution is -2.03. The fourth-order valence-electron chi connectivity index (χ4n) is 1.96. The molecule has 2 aromatic carbocycles. The second-order valence-electron chi connectivity index (χ2n) is 4.55. The predicted molar refractivity (Wildman–Crippen MR) is 78.7 cm³/mol. The van der Waals surface area contributed by atoms with E-state index in [-0.39, 0.29) is 18.1 Å². The number of hydrogen-bond acceptors (Lipinski definition) is 5. The Morgan fingerprint density at radius 1 is 1.00 bits per heavy atom. The van der Waals surface area contributed by atoms with E-state index in [0.717, 1.165) is 11.3 Å². The van der Waals surface area contributed by atoms with Crippen molar-refractivity contribution in [1.29, 1.82) is 0 Å². The standard InChI is InChI=1S/C15H18N2O3/c16-14-3-1-12(7-10(14)5-6-18)17-9-11-8-13(19)2-4-15(11)20/h1-4,7-8,17-20H,5-6,9,16H2. The molecular formula is C15H18N2O3. The number of phenols is 2. The average Bonchev–Trinajstić information content (AvgIpc) is 2.43. The number of hydrogen-bond donors (Lipinski definition) is 5. The maximum Gasteiger partial charge on any atom is 0.120 e. The quantitative estimate of drug-likeness (QED) is 0.423. The van der Waals surface area contributed by atoms with Crippen LogP contribution in [0.4, 0.5) is 11.4 Å². The van der Waals surface area contributed by atoms with Crippen LogP contribution in [0.1, 0.15) is 11.1 Å². The molecule has 0 radical (unpaired) electrons. The van der Waals surface area contributed by atoms with Gasteiger partial charge in [-0.05, 0) is 48.4 Å². The van der Waals surface area contributed by atoms with Crippen molar-refractivity contribution in [2.45, 2.75) is 13.0 Å². The highest BCUT2D eigenvalue weighted by Crippen LogP contribution is 2.24. The van der Waals surface area contributed by atoms with Crippen LogP contribution in [0.15, 0.2) is 36.4 Å². The smallest absolute Gasteiger partial charge is 0.120 e. The van der Waals surface area contributed by atoms with Crippen molar-refractivity contribution in [1.82, 2.24) is 0 Å². The largest absolute Gasteiger partial charge is 0.508 e. The van der Waals surface area contributed by atoms with Gasteiger partial charge in [-0.15, -0.1) is 0 Å². The number of aromatic hydroxyl groups is 2. The third-order valence-corrected chi connectivity index (χ3v) is 3.07. The fraction of sp³-hybridized carbons (Fsp3) is 0.200. The van der Waals surface area contributed by atoms with Crippen LogP contribution in [-0.2, 0) is 13.0 Å². The summed E-state index contributed by atoms with van der Waals surface area (Å²) in [4.78, 5) is 0. The van der Waals surface area contributed by atoms with Crippen LogP contribution in [-0.4, -0.2) is 21.9 Å². The highest BCUT2D eigenvalue weighted by Gasteiger charge is 2.04. The third kappa shape index (κ3) is 3.33. The summed E-state index contributed by atoms with van der Waals surface area (Å²) < 4.78 is 0. The lowest BCUT2D eigenvalue weighted by atomic mass is 10.1. The molecule has 0 bridgehead atoms. The van der Waals surface area contributed by atoms with Crippen LogP contribution in [0.5, 0.6) is 11.5 Å². The Kier molecular flexibility index (Phi) is 4.32. The van der Waals surface area contributed by atoms with Gasteiger partial charge in [0.05, 0.1) is 0 Å². The summed E-state index contributed by atoms with van der Waals surface area (Å²) in [5.74, 6) is 0.235. The minimum Gasteiger partial charge on any atom is -0.508 e. The summed E-state index contributed by atoms with van der Waals surface area (Å²) in [6.45, 7) is 0.420. The van der Waals surface area contributed by atoms with Gasteiger partial charge in [-0.2, -0.15) is 0 Å². The van der Waals surface area contributed by atoms with Crippen molar-refractivity contribution in [3.8, 4) is 11.5 Å². The van der Waals surface area contributed by atoms with Crippen LogP contribution in [0.3, 0.4) is 0 Å². The summed E-state index contributed by atoms with van der Waals surface area (Å²) in [6.07, 6.45) is 0.499. The number of nitrogens with one attached hydrogen (secondary N) is 1. The summed E-state index contributed by atoms with van der Waals surface area (Å²) >= 11 is 0. The van der Waals surface area contributed by atoms with Crippen LogP contribution in [0.2, 0.25) is 0 Å². The minimum atomic E-state index is 0.0427. The molecule has 0 aliphatic rings. The molecule has 0 spiro atoms. The average molecular weight is 274 g/mol. The third-order valence-electron chi connectivity index (χ3n) is 3.07. The first kappa shape index (κ1) is 14.0. The van der Waals surface area contributed by atoms with Crippen molar-refractivity contribution >= 4 is 11.4 Å². The number of anilines is 2. The predicted octanol–water partition coefficient (Wildman–Crippen LogP) is 1.83. The molecule has 0 amide bonds. The Balaban J connectivity index is 2.10. The molecule has 0 unspecified atom stereocenters. The van der Waals surface area contributed by atoms with E-state index < -0.39 is 0 Å². The van der Waals surface area contributed by atoms with Gasteiger partial charge in [0.25, 0.3) is 0 Å². The van der Waals surface area contributed by atoms with Gasteiger partial charge in [0, 0.05) is 30.1 Å². The SMILES string of the molecule is Nc1ccc(NCc2cc(O)ccc2O)cc1CCO. The molecule has 2 rings (SSSR count). The van der Waals surface area contributed by atoms with Crippen molar-refractivity contribution in [2.24, 2.45) is 0 Å². The fourth-order valence-corrected chi connectivity index (χ4v) is 1.96. The molecule has 0 saturated heterocycles. The number of rotatable bonds is 5. The molecule has 0 aliphatic carbocycles. The normalized spacial score (nSPS) is 10.4. The summed E-state index contributed by atoms with van der Waals surface area (Å²) in [6, 6.07) is 9.86. The molecule has 0 heterocycles. The number of phenolic OH excluding ortho intramolecular Hbond substituents is 2. The van der Waals surface area contributed by atoms with Gasteiger partial charge in [0.2, 0.25) is 0 Å². The Labute approximate surface area is 117 Å². The van der Waals surface area contributed by atoms with Gasteiger partial charge in [0.15, 0.2) is 0 Å². The first-order chi connectivity index (χ1) is 9.60. The van der Waals surface area contributed by atoms with E-state index in [1.165, 1.54) is 18.2 Å². The molecule has 6 N–H and O–H groups in total. The lowest BCUT2D eigenvalue weighted by molar-refractivity contribution is 0.300. The van der Waals surface area contributed by atoms with Crippen molar-refractivity contribution < 1.29 is 15.3 Å². The molecule has 5 heteroatoms. The maximum absolute atomic E-state index is 9.69. The zero-order valence-corrected chi connectivity index (χ0v) is 11.0. The van der Waals surface area contributed by atoms with Gasteiger partial charge < -0.3 is 26.4 Å². The minimum absolute atomic E-state index is 0.0427. The van der Waals surface area contributed by atoms with Gasteiger partial charge >= 0.3 is 0 Å². The number of benzene rings is 2. The van der Waals surface area contributed by atoms with E-state index >= 15 is 0 Å². The highest BCUT2D eigenvalue weighted by molar-refractivity contribution is 5.57. The first-order valence-corrected chi connectivity index (χ1v) is 6.34. The Morgan fingerprint density at radius 2 is 1.80 bits per heavy atom. The van der Waals surface area contributed by atoms with Gasteiger partial charge in [0.1, 0.15) is 11.5 Å². The van der Waals surface area contributed by atoms with Crippen molar-refractivity contribution in [3.05, 3.63) is 47.5 Å². The van der Waals surface area contributed by atoms with E-state index in [0.29, 0.717) is 24.2 Å². The van der Waals surface area contributed by atoms with Crippen LogP contribution < -0.4 is 11.1 Å². The lowest BCUT2D eigenvalue weighted by Gasteiger charge is -2.11. The first-order valence-electron chi connectivity index (χ1n) is 6.34. The Hall–Kier alpha value is -2.40. The second kappa shape index (κ2) is 6.16. The summed E-state index contributed by atoms with van der Waals surface area (Å²) in [7, 11) is 0.